The van der Waals surface area contributed by atoms with Gasteiger partial charge in [-0.15, -0.1) is 0 Å². The van der Waals surface area contributed by atoms with Crippen molar-refractivity contribution < 1.29 is 0 Å². The van der Waals surface area contributed by atoms with Gasteiger partial charge in [0, 0.05) is 16.4 Å². The molecule has 0 atom stereocenters. The Bertz CT molecular complexity index is 712. The van der Waals surface area contributed by atoms with Gasteiger partial charge in [0.15, 0.2) is 5.11 Å². The van der Waals surface area contributed by atoms with E-state index in [0.29, 0.717) is 16.9 Å². The Morgan fingerprint density at radius 2 is 1.54 bits per heavy atom. The highest BCUT2D eigenvalue weighted by Crippen LogP contribution is 2.32. The van der Waals surface area contributed by atoms with Crippen LogP contribution in [0.5, 0.6) is 0 Å². The summed E-state index contributed by atoms with van der Waals surface area (Å²) in [5.41, 5.74) is 5.59. The molecule has 0 aromatic heterocycles. The lowest BCUT2D eigenvalue weighted by Gasteiger charge is -2.21. The zero-order valence-corrected chi connectivity index (χ0v) is 16.5. The van der Waals surface area contributed by atoms with Gasteiger partial charge >= 0.3 is 0 Å². The molecule has 128 valence electrons. The monoisotopic (exact) mass is 360 g/mol. The number of para-hydroxylation sites is 1. The van der Waals surface area contributed by atoms with Crippen LogP contribution in [0, 0.1) is 6.92 Å². The summed E-state index contributed by atoms with van der Waals surface area (Å²) in [6.07, 6.45) is 0. The van der Waals surface area contributed by atoms with Crippen LogP contribution in [-0.4, -0.2) is 5.11 Å². The molecule has 24 heavy (non-hydrogen) atoms. The molecule has 0 aliphatic rings. The van der Waals surface area contributed by atoms with Gasteiger partial charge in [0.2, 0.25) is 0 Å². The molecule has 0 heterocycles. The highest BCUT2D eigenvalue weighted by atomic mass is 35.5. The molecular weight excluding hydrogens is 336 g/mol. The average molecular weight is 361 g/mol. The van der Waals surface area contributed by atoms with Gasteiger partial charge in [0.05, 0.1) is 0 Å². The maximum atomic E-state index is 6.19. The van der Waals surface area contributed by atoms with Gasteiger partial charge in [-0.2, -0.15) is 0 Å². The predicted octanol–water partition coefficient (Wildman–Crippen LogP) is 6.70. The minimum atomic E-state index is 0.419. The number of hydrogen-bond donors (Lipinski definition) is 2. The van der Waals surface area contributed by atoms with E-state index in [1.54, 1.807) is 0 Å². The van der Waals surface area contributed by atoms with Gasteiger partial charge < -0.3 is 10.6 Å². The summed E-state index contributed by atoms with van der Waals surface area (Å²) in [6, 6.07) is 12.3. The first-order chi connectivity index (χ1) is 11.3. The largest absolute Gasteiger partial charge is 0.332 e. The molecule has 0 saturated heterocycles. The maximum absolute atomic E-state index is 6.19. The summed E-state index contributed by atoms with van der Waals surface area (Å²) >= 11 is 11.7. The molecule has 0 spiro atoms. The van der Waals surface area contributed by atoms with E-state index in [9.17, 15) is 0 Å². The van der Waals surface area contributed by atoms with Crippen LogP contribution in [0.1, 0.15) is 56.2 Å². The fourth-order valence-electron chi connectivity index (χ4n) is 2.64. The molecule has 2 rings (SSSR count). The van der Waals surface area contributed by atoms with Crippen LogP contribution in [0.3, 0.4) is 0 Å². The van der Waals surface area contributed by atoms with E-state index in [-0.39, 0.29) is 0 Å². The Balaban J connectivity index is 2.26. The summed E-state index contributed by atoms with van der Waals surface area (Å²) in [4.78, 5) is 0. The molecule has 2 aromatic rings. The highest BCUT2D eigenvalue weighted by Gasteiger charge is 2.14. The smallest absolute Gasteiger partial charge is 0.175 e. The van der Waals surface area contributed by atoms with Crippen LogP contribution < -0.4 is 10.6 Å². The normalized spacial score (nSPS) is 11.0. The number of anilines is 2. The quantitative estimate of drug-likeness (QED) is 0.593. The van der Waals surface area contributed by atoms with Crippen molar-refractivity contribution in [3.8, 4) is 0 Å². The van der Waals surface area contributed by atoms with Crippen LogP contribution in [0.15, 0.2) is 36.4 Å². The van der Waals surface area contributed by atoms with E-state index in [1.807, 2.05) is 25.1 Å². The second kappa shape index (κ2) is 8.00. The lowest BCUT2D eigenvalue weighted by Crippen LogP contribution is -2.21. The molecule has 0 saturated carbocycles. The van der Waals surface area contributed by atoms with Crippen molar-refractivity contribution >= 4 is 40.3 Å². The standard InChI is InChI=1S/C20H25ClN2S/c1-12(2)16-7-6-8-17(13(3)4)19(16)23-20(24)22-15-10-9-14(5)18(21)11-15/h6-13H,1-5H3,(H2,22,23,24). The Kier molecular flexibility index (Phi) is 6.25. The molecule has 0 amide bonds. The summed E-state index contributed by atoms with van der Waals surface area (Å²) in [6.45, 7) is 10.8. The Hall–Kier alpha value is -1.58. The lowest BCUT2D eigenvalue weighted by atomic mass is 9.93. The third-order valence-corrected chi connectivity index (χ3v) is 4.65. The van der Waals surface area contributed by atoms with E-state index < -0.39 is 0 Å². The van der Waals surface area contributed by atoms with Crippen LogP contribution in [0.2, 0.25) is 5.02 Å². The summed E-state index contributed by atoms with van der Waals surface area (Å²) < 4.78 is 0. The first-order valence-electron chi connectivity index (χ1n) is 8.26. The van der Waals surface area contributed by atoms with Crippen molar-refractivity contribution in [3.05, 3.63) is 58.1 Å². The van der Waals surface area contributed by atoms with Crippen molar-refractivity contribution in [3.63, 3.8) is 0 Å². The summed E-state index contributed by atoms with van der Waals surface area (Å²) in [5.74, 6) is 0.839. The second-order valence-corrected chi connectivity index (χ2v) is 7.48. The van der Waals surface area contributed by atoms with Crippen LogP contribution >= 0.6 is 23.8 Å². The number of benzene rings is 2. The van der Waals surface area contributed by atoms with Crippen molar-refractivity contribution in [2.24, 2.45) is 0 Å². The molecule has 2 nitrogen and oxygen atoms in total. The van der Waals surface area contributed by atoms with Gasteiger partial charge in [0.1, 0.15) is 0 Å². The van der Waals surface area contributed by atoms with Crippen molar-refractivity contribution in [2.75, 3.05) is 10.6 Å². The lowest BCUT2D eigenvalue weighted by molar-refractivity contribution is 0.839. The molecule has 2 N–H and O–H groups in total. The van der Waals surface area contributed by atoms with Crippen molar-refractivity contribution in [1.29, 1.82) is 0 Å². The highest BCUT2D eigenvalue weighted by molar-refractivity contribution is 7.80. The zero-order chi connectivity index (χ0) is 17.9. The predicted molar refractivity (Wildman–Crippen MR) is 111 cm³/mol. The first-order valence-corrected chi connectivity index (χ1v) is 9.05. The molecule has 0 radical (unpaired) electrons. The van der Waals surface area contributed by atoms with Crippen LogP contribution in [-0.2, 0) is 0 Å². The second-order valence-electron chi connectivity index (χ2n) is 6.66. The molecule has 2 aromatic carbocycles. The van der Waals surface area contributed by atoms with E-state index in [0.717, 1.165) is 22.0 Å². The van der Waals surface area contributed by atoms with E-state index >= 15 is 0 Å². The van der Waals surface area contributed by atoms with Gasteiger partial charge in [-0.3, -0.25) is 0 Å². The average Bonchev–Trinajstić information content (AvgIpc) is 2.50. The summed E-state index contributed by atoms with van der Waals surface area (Å²) in [5, 5.41) is 7.93. The fourth-order valence-corrected chi connectivity index (χ4v) is 3.04. The van der Waals surface area contributed by atoms with E-state index in [4.69, 9.17) is 23.8 Å². The van der Waals surface area contributed by atoms with Crippen molar-refractivity contribution in [2.45, 2.75) is 46.5 Å². The number of aryl methyl sites for hydroxylation is 1. The molecule has 0 aliphatic heterocycles. The van der Waals surface area contributed by atoms with E-state index in [2.05, 4.69) is 56.5 Å². The number of halogens is 1. The van der Waals surface area contributed by atoms with Gasteiger partial charge in [0.25, 0.3) is 0 Å². The van der Waals surface area contributed by atoms with Gasteiger partial charge in [-0.1, -0.05) is 63.6 Å². The first kappa shape index (κ1) is 18.8. The van der Waals surface area contributed by atoms with Crippen molar-refractivity contribution in [1.82, 2.24) is 0 Å². The zero-order valence-electron chi connectivity index (χ0n) is 14.9. The molecule has 0 fully saturated rings. The topological polar surface area (TPSA) is 24.1 Å². The number of rotatable bonds is 4. The molecule has 0 bridgehead atoms. The number of nitrogens with one attached hydrogen (secondary N) is 2. The Morgan fingerprint density at radius 3 is 2.04 bits per heavy atom. The number of hydrogen-bond acceptors (Lipinski definition) is 1. The van der Waals surface area contributed by atoms with Crippen LogP contribution in [0.4, 0.5) is 11.4 Å². The fraction of sp³-hybridized carbons (Fsp3) is 0.350. The maximum Gasteiger partial charge on any atom is 0.175 e. The van der Waals surface area contributed by atoms with Gasteiger partial charge in [-0.25, -0.2) is 0 Å². The Morgan fingerprint density at radius 1 is 0.958 bits per heavy atom. The van der Waals surface area contributed by atoms with Crippen LogP contribution in [0.25, 0.3) is 0 Å². The minimum Gasteiger partial charge on any atom is -0.332 e. The molecule has 4 heteroatoms. The SMILES string of the molecule is Cc1ccc(NC(=S)Nc2c(C(C)C)cccc2C(C)C)cc1Cl. The third kappa shape index (κ3) is 4.49. The molecule has 0 unspecified atom stereocenters. The molecule has 0 aliphatic carbocycles. The minimum absolute atomic E-state index is 0.419. The van der Waals surface area contributed by atoms with E-state index in [1.165, 1.54) is 11.1 Å². The van der Waals surface area contributed by atoms with Gasteiger partial charge in [-0.05, 0) is 59.8 Å². The summed E-state index contributed by atoms with van der Waals surface area (Å²) in [7, 11) is 0. The Labute approximate surface area is 155 Å². The third-order valence-electron chi connectivity index (χ3n) is 4.04. The number of thiocarbonyl (C=S) groups is 1. The molecular formula is C20H25ClN2S.